The first-order valence-corrected chi connectivity index (χ1v) is 11.1. The Kier molecular flexibility index (Phi) is 4.72. The van der Waals surface area contributed by atoms with Gasteiger partial charge in [0.2, 0.25) is 11.2 Å². The number of aromatic nitrogens is 4. The molecule has 3 heterocycles. The first-order chi connectivity index (χ1) is 11.6. The molecule has 138 valence electrons. The third kappa shape index (κ3) is 3.47. The van der Waals surface area contributed by atoms with Crippen molar-refractivity contribution in [2.75, 3.05) is 25.2 Å². The Morgan fingerprint density at radius 3 is 2.72 bits per heavy atom. The highest BCUT2D eigenvalue weighted by atomic mass is 35.5. The molecule has 0 spiro atoms. The molecule has 2 aromatic rings. The van der Waals surface area contributed by atoms with Crippen LogP contribution in [0.25, 0.3) is 11.2 Å². The van der Waals surface area contributed by atoms with E-state index >= 15 is 0 Å². The number of nitrogens with two attached hydrogens (primary N) is 1. The van der Waals surface area contributed by atoms with Crippen molar-refractivity contribution in [3.63, 3.8) is 0 Å². The summed E-state index contributed by atoms with van der Waals surface area (Å²) in [6.45, 7) is 2.87. The molecule has 0 aromatic carbocycles. The van der Waals surface area contributed by atoms with E-state index in [1.54, 1.807) is 0 Å². The van der Waals surface area contributed by atoms with Crippen molar-refractivity contribution in [2.24, 2.45) is 0 Å². The van der Waals surface area contributed by atoms with Crippen LogP contribution in [0.3, 0.4) is 0 Å². The summed E-state index contributed by atoms with van der Waals surface area (Å²) in [6.07, 6.45) is 1.56. The van der Waals surface area contributed by atoms with Crippen LogP contribution in [0.4, 0.5) is 5.95 Å². The molecular formula is C14H21ClN5O4P. The molecule has 0 aliphatic carbocycles. The summed E-state index contributed by atoms with van der Waals surface area (Å²) in [5.41, 5.74) is 5.11. The second kappa shape index (κ2) is 6.41. The molecule has 4 atom stereocenters. The maximum atomic E-state index is 11.9. The van der Waals surface area contributed by atoms with Crippen molar-refractivity contribution in [3.05, 3.63) is 15.6 Å². The van der Waals surface area contributed by atoms with Gasteiger partial charge in [-0.15, -0.1) is 13.2 Å². The summed E-state index contributed by atoms with van der Waals surface area (Å²) in [5, 5.41) is 20.7. The van der Waals surface area contributed by atoms with Crippen LogP contribution in [0.2, 0.25) is 5.28 Å². The van der Waals surface area contributed by atoms with Crippen molar-refractivity contribution in [2.45, 2.75) is 31.0 Å². The van der Waals surface area contributed by atoms with Gasteiger partial charge in [-0.2, -0.15) is 4.98 Å². The van der Waals surface area contributed by atoms with Crippen LogP contribution < -0.4 is 11.3 Å². The lowest BCUT2D eigenvalue weighted by molar-refractivity contribution is -0.0351. The molecule has 9 nitrogen and oxygen atoms in total. The van der Waals surface area contributed by atoms with Gasteiger partial charge < -0.3 is 20.7 Å². The number of aromatic amines is 1. The van der Waals surface area contributed by atoms with Crippen molar-refractivity contribution in [1.82, 2.24) is 19.5 Å². The molecule has 1 unspecified atom stereocenters. The minimum absolute atomic E-state index is 0.0160. The minimum Gasteiger partial charge on any atom is -0.388 e. The van der Waals surface area contributed by atoms with E-state index < -0.39 is 37.0 Å². The number of hydrogen-bond acceptors (Lipinski definition) is 7. The fourth-order valence-electron chi connectivity index (χ4n) is 2.86. The van der Waals surface area contributed by atoms with E-state index in [4.69, 9.17) is 22.1 Å². The topological polar surface area (TPSA) is 139 Å². The molecule has 25 heavy (non-hydrogen) atoms. The molecule has 1 aliphatic rings. The summed E-state index contributed by atoms with van der Waals surface area (Å²) >= 11 is 6.12. The smallest absolute Gasteiger partial charge is 0.280 e. The van der Waals surface area contributed by atoms with E-state index in [0.717, 1.165) is 6.16 Å². The number of aliphatic hydroxyl groups is 2. The van der Waals surface area contributed by atoms with E-state index in [0.29, 0.717) is 6.42 Å². The third-order valence-corrected chi connectivity index (χ3v) is 5.87. The van der Waals surface area contributed by atoms with Gasteiger partial charge in [-0.1, -0.05) is 0 Å². The quantitative estimate of drug-likeness (QED) is 0.428. The summed E-state index contributed by atoms with van der Waals surface area (Å²) in [4.78, 5) is 22.3. The predicted molar refractivity (Wildman–Crippen MR) is 98.9 cm³/mol. The zero-order chi connectivity index (χ0) is 18.5. The lowest BCUT2D eigenvalue weighted by Gasteiger charge is -2.19. The lowest BCUT2D eigenvalue weighted by Crippen LogP contribution is -2.32. The summed E-state index contributed by atoms with van der Waals surface area (Å²) in [6, 6.07) is 0. The number of rotatable bonds is 4. The van der Waals surface area contributed by atoms with Crippen molar-refractivity contribution in [3.8, 4) is 0 Å². The number of ether oxygens (including phenoxy) is 1. The van der Waals surface area contributed by atoms with Gasteiger partial charge in [0.25, 0.3) is 5.56 Å². The van der Waals surface area contributed by atoms with E-state index in [2.05, 4.69) is 34.6 Å². The molecule has 1 fully saturated rings. The van der Waals surface area contributed by atoms with Gasteiger partial charge in [0, 0.05) is 0 Å². The maximum absolute atomic E-state index is 11.9. The molecule has 2 aromatic heterocycles. The van der Waals surface area contributed by atoms with E-state index in [1.165, 1.54) is 4.57 Å². The van der Waals surface area contributed by atoms with Gasteiger partial charge in [-0.05, 0) is 37.5 Å². The molecule has 0 radical (unpaired) electrons. The predicted octanol–water partition coefficient (Wildman–Crippen LogP) is 0.0737. The fraction of sp³-hybridized carbons (Fsp3) is 0.571. The van der Waals surface area contributed by atoms with Crippen LogP contribution in [0.1, 0.15) is 12.6 Å². The number of aliphatic hydroxyl groups excluding tert-OH is 2. The number of anilines is 1. The number of hydrogen-bond donors (Lipinski definition) is 4. The van der Waals surface area contributed by atoms with Crippen LogP contribution in [0, 0.1) is 0 Å². The number of halogens is 1. The Hall–Kier alpha value is -1.38. The second-order valence-electron chi connectivity index (χ2n) is 6.87. The highest BCUT2D eigenvalue weighted by molar-refractivity contribution is 7.72. The Morgan fingerprint density at radius 2 is 2.08 bits per heavy atom. The molecule has 1 aliphatic heterocycles. The van der Waals surface area contributed by atoms with E-state index in [9.17, 15) is 15.0 Å². The first-order valence-electron chi connectivity index (χ1n) is 7.70. The Bertz CT molecular complexity index is 906. The third-order valence-electron chi connectivity index (χ3n) is 4.14. The average Bonchev–Trinajstić information content (AvgIpc) is 2.95. The molecule has 5 N–H and O–H groups in total. The maximum Gasteiger partial charge on any atom is 0.280 e. The highest BCUT2D eigenvalue weighted by Gasteiger charge is 2.45. The van der Waals surface area contributed by atoms with E-state index in [1.807, 2.05) is 0 Å². The van der Waals surface area contributed by atoms with Gasteiger partial charge in [-0.3, -0.25) is 14.3 Å². The minimum atomic E-state index is -1.30. The second-order valence-corrected chi connectivity index (χ2v) is 11.5. The molecule has 0 saturated carbocycles. The molecule has 1 saturated heterocycles. The highest BCUT2D eigenvalue weighted by Crippen LogP contribution is 2.40. The summed E-state index contributed by atoms with van der Waals surface area (Å²) < 4.78 is 7.11. The van der Waals surface area contributed by atoms with Gasteiger partial charge in [0.05, 0.1) is 6.10 Å². The van der Waals surface area contributed by atoms with Crippen LogP contribution >= 0.6 is 18.5 Å². The van der Waals surface area contributed by atoms with Crippen LogP contribution in [0.5, 0.6) is 0 Å². The largest absolute Gasteiger partial charge is 0.388 e. The molecule has 0 bridgehead atoms. The number of fused-ring (bicyclic) bond motifs is 1. The van der Waals surface area contributed by atoms with Crippen molar-refractivity contribution in [1.29, 1.82) is 0 Å². The van der Waals surface area contributed by atoms with Gasteiger partial charge in [0.15, 0.2) is 17.4 Å². The first kappa shape index (κ1) is 18.4. The average molecular weight is 390 g/mol. The van der Waals surface area contributed by atoms with Gasteiger partial charge in [-0.25, -0.2) is 4.98 Å². The van der Waals surface area contributed by atoms with Gasteiger partial charge >= 0.3 is 0 Å². The fourth-order valence-corrected chi connectivity index (χ4v) is 4.07. The monoisotopic (exact) mass is 389 g/mol. The summed E-state index contributed by atoms with van der Waals surface area (Å²) in [5.74, 6) is -0.108. The van der Waals surface area contributed by atoms with Crippen LogP contribution in [-0.4, -0.2) is 73.8 Å². The van der Waals surface area contributed by atoms with Crippen molar-refractivity contribution >= 4 is 41.9 Å². The SMILES string of the molecule is C=P(C)(C)CC[C@H]1OC(n2c(Cl)nc3c(=O)[nH]c(N)nc32)[C@H](O)[C@@H]1O. The number of nitrogen functional groups attached to an aromatic ring is 1. The lowest BCUT2D eigenvalue weighted by atomic mass is 10.1. The van der Waals surface area contributed by atoms with Crippen LogP contribution in [0.15, 0.2) is 4.79 Å². The zero-order valence-corrected chi connectivity index (χ0v) is 15.5. The Labute approximate surface area is 148 Å². The molecular weight excluding hydrogens is 369 g/mol. The number of nitrogens with zero attached hydrogens (tertiary/aromatic N) is 3. The number of nitrogens with one attached hydrogen (secondary N) is 1. The Morgan fingerprint density at radius 1 is 1.40 bits per heavy atom. The Balaban J connectivity index is 1.97. The van der Waals surface area contributed by atoms with E-state index in [-0.39, 0.29) is 22.4 Å². The molecule has 3 rings (SSSR count). The van der Waals surface area contributed by atoms with Crippen LogP contribution in [-0.2, 0) is 4.74 Å². The molecule has 0 amide bonds. The molecule has 11 heteroatoms. The van der Waals surface area contributed by atoms with Crippen molar-refractivity contribution < 1.29 is 14.9 Å². The zero-order valence-electron chi connectivity index (χ0n) is 13.9. The normalized spacial score (nSPS) is 27.2. The number of H-pyrrole nitrogens is 1. The summed E-state index contributed by atoms with van der Waals surface area (Å²) in [7, 11) is 0. The standard InChI is InChI=1S/C14H21ClN5O4P/c1-25(2,3)5-4-6-8(21)9(22)12(24-6)20-10-7(17-13(20)15)11(23)19-14(16)18-10/h6,8-9,12,21-22H,1,4-5H2,2-3H3,(H3,16,18,19,23)/t6-,8-,9-,12?/m1/s1. The van der Waals surface area contributed by atoms with Gasteiger partial charge in [0.1, 0.15) is 12.2 Å². The number of imidazole rings is 1.